The van der Waals surface area contributed by atoms with E-state index in [0.29, 0.717) is 23.8 Å². The Kier molecular flexibility index (Phi) is 8.59. The van der Waals surface area contributed by atoms with E-state index in [2.05, 4.69) is 11.7 Å². The van der Waals surface area contributed by atoms with Crippen molar-refractivity contribution in [2.45, 2.75) is 33.3 Å². The molecular formula is C24H27F2N3O3S. The van der Waals surface area contributed by atoms with Crippen LogP contribution >= 0.6 is 11.3 Å². The van der Waals surface area contributed by atoms with Crippen LogP contribution in [0.5, 0.6) is 17.2 Å². The van der Waals surface area contributed by atoms with Crippen LogP contribution < -0.4 is 19.0 Å². The van der Waals surface area contributed by atoms with Crippen molar-refractivity contribution in [1.29, 1.82) is 0 Å². The highest BCUT2D eigenvalue weighted by Gasteiger charge is 2.14. The molecule has 176 valence electrons. The standard InChI is InChI=1S/C24H27F2N3O3S/c1-5-6-13-27-24-29(28-16(2)17-7-9-18(10-8-17)32-23(25)26)21(15-33-24)20-12-11-19(30-3)14-22(20)31-4/h7-12,14-15,23H,5-6,13H2,1-4H3. The number of rotatable bonds is 10. The molecule has 1 heterocycles. The molecule has 33 heavy (non-hydrogen) atoms. The van der Waals surface area contributed by atoms with Gasteiger partial charge in [-0.2, -0.15) is 13.9 Å². The van der Waals surface area contributed by atoms with Crippen LogP contribution in [0.25, 0.3) is 11.3 Å². The molecule has 0 bridgehead atoms. The van der Waals surface area contributed by atoms with Crippen LogP contribution in [0.1, 0.15) is 32.3 Å². The van der Waals surface area contributed by atoms with E-state index >= 15 is 0 Å². The van der Waals surface area contributed by atoms with Crippen molar-refractivity contribution >= 4 is 17.0 Å². The number of thiazole rings is 1. The quantitative estimate of drug-likeness (QED) is 0.275. The first kappa shape index (κ1) is 24.4. The molecule has 0 saturated heterocycles. The van der Waals surface area contributed by atoms with Crippen molar-refractivity contribution in [3.8, 4) is 28.5 Å². The maximum Gasteiger partial charge on any atom is 0.387 e. The van der Waals surface area contributed by atoms with Crippen LogP contribution in [0.4, 0.5) is 8.78 Å². The number of aromatic nitrogens is 1. The van der Waals surface area contributed by atoms with Gasteiger partial charge >= 0.3 is 6.61 Å². The van der Waals surface area contributed by atoms with Crippen LogP contribution in [-0.4, -0.2) is 37.8 Å². The lowest BCUT2D eigenvalue weighted by Gasteiger charge is -2.12. The molecule has 0 atom stereocenters. The Morgan fingerprint density at radius 3 is 2.42 bits per heavy atom. The molecule has 0 N–H and O–H groups in total. The molecule has 9 heteroatoms. The van der Waals surface area contributed by atoms with E-state index in [-0.39, 0.29) is 5.75 Å². The Morgan fingerprint density at radius 1 is 1.06 bits per heavy atom. The zero-order chi connectivity index (χ0) is 23.8. The predicted octanol–water partition coefficient (Wildman–Crippen LogP) is 5.81. The highest BCUT2D eigenvalue weighted by Crippen LogP contribution is 2.33. The molecule has 0 unspecified atom stereocenters. The summed E-state index contributed by atoms with van der Waals surface area (Å²) in [6, 6.07) is 12.0. The van der Waals surface area contributed by atoms with E-state index < -0.39 is 6.61 Å². The third-order valence-electron chi connectivity index (χ3n) is 4.88. The highest BCUT2D eigenvalue weighted by atomic mass is 32.1. The first-order chi connectivity index (χ1) is 16.0. The van der Waals surface area contributed by atoms with Crippen LogP contribution in [0.2, 0.25) is 0 Å². The lowest BCUT2D eigenvalue weighted by molar-refractivity contribution is -0.0498. The van der Waals surface area contributed by atoms with Gasteiger partial charge in [0.2, 0.25) is 4.80 Å². The van der Waals surface area contributed by atoms with Gasteiger partial charge in [0.15, 0.2) is 0 Å². The van der Waals surface area contributed by atoms with Crippen LogP contribution in [-0.2, 0) is 0 Å². The Labute approximate surface area is 195 Å². The summed E-state index contributed by atoms with van der Waals surface area (Å²) in [4.78, 5) is 5.49. The van der Waals surface area contributed by atoms with E-state index in [0.717, 1.165) is 34.5 Å². The summed E-state index contributed by atoms with van der Waals surface area (Å²) in [5.41, 5.74) is 3.15. The first-order valence-electron chi connectivity index (χ1n) is 10.5. The highest BCUT2D eigenvalue weighted by molar-refractivity contribution is 7.07. The van der Waals surface area contributed by atoms with E-state index in [1.807, 2.05) is 30.5 Å². The molecule has 0 aliphatic carbocycles. The normalized spacial score (nSPS) is 12.3. The van der Waals surface area contributed by atoms with Crippen molar-refractivity contribution in [2.75, 3.05) is 20.8 Å². The summed E-state index contributed by atoms with van der Waals surface area (Å²) in [5.74, 6) is 1.45. The fourth-order valence-electron chi connectivity index (χ4n) is 3.12. The SMILES string of the molecule is CCCCN=c1scc(-c2ccc(OC)cc2OC)n1N=C(C)c1ccc(OC(F)F)cc1. The Bertz CT molecular complexity index is 1150. The molecule has 0 spiro atoms. The molecule has 0 radical (unpaired) electrons. The second-order valence-corrected chi connectivity index (χ2v) is 7.94. The lowest BCUT2D eigenvalue weighted by Crippen LogP contribution is -2.15. The number of benzene rings is 2. The van der Waals surface area contributed by atoms with Crippen molar-refractivity contribution < 1.29 is 23.0 Å². The predicted molar refractivity (Wildman–Crippen MR) is 127 cm³/mol. The van der Waals surface area contributed by atoms with Gasteiger partial charge < -0.3 is 14.2 Å². The minimum Gasteiger partial charge on any atom is -0.497 e. The number of hydrogen-bond donors (Lipinski definition) is 0. The van der Waals surface area contributed by atoms with Crippen molar-refractivity contribution in [3.63, 3.8) is 0 Å². The van der Waals surface area contributed by atoms with Gasteiger partial charge in [-0.15, -0.1) is 11.3 Å². The molecule has 2 aromatic carbocycles. The van der Waals surface area contributed by atoms with Crippen molar-refractivity contribution in [2.24, 2.45) is 10.1 Å². The fourth-order valence-corrected chi connectivity index (χ4v) is 3.97. The second-order valence-electron chi connectivity index (χ2n) is 7.11. The smallest absolute Gasteiger partial charge is 0.387 e. The molecular weight excluding hydrogens is 448 g/mol. The molecule has 3 rings (SSSR count). The van der Waals surface area contributed by atoms with E-state index in [4.69, 9.17) is 19.6 Å². The largest absolute Gasteiger partial charge is 0.497 e. The maximum atomic E-state index is 12.4. The number of ether oxygens (including phenoxy) is 3. The molecule has 0 fully saturated rings. The van der Waals surface area contributed by atoms with Gasteiger partial charge in [-0.25, -0.2) is 4.68 Å². The first-order valence-corrected chi connectivity index (χ1v) is 11.4. The van der Waals surface area contributed by atoms with Crippen LogP contribution in [0.3, 0.4) is 0 Å². The summed E-state index contributed by atoms with van der Waals surface area (Å²) < 4.78 is 42.0. The van der Waals surface area contributed by atoms with E-state index in [9.17, 15) is 8.78 Å². The maximum absolute atomic E-state index is 12.4. The average molecular weight is 476 g/mol. The van der Waals surface area contributed by atoms with Gasteiger partial charge in [0.1, 0.15) is 17.2 Å². The average Bonchev–Trinajstić information content (AvgIpc) is 3.20. The summed E-state index contributed by atoms with van der Waals surface area (Å²) in [6.45, 7) is 1.82. The third-order valence-corrected chi connectivity index (χ3v) is 5.73. The summed E-state index contributed by atoms with van der Waals surface area (Å²) >= 11 is 1.50. The molecule has 1 aromatic heterocycles. The minimum atomic E-state index is -2.86. The molecule has 0 amide bonds. The lowest BCUT2D eigenvalue weighted by atomic mass is 10.1. The van der Waals surface area contributed by atoms with Gasteiger partial charge in [0, 0.05) is 23.6 Å². The molecule has 0 aliphatic rings. The Hall–Kier alpha value is -3.20. The van der Waals surface area contributed by atoms with Crippen molar-refractivity contribution in [1.82, 2.24) is 4.68 Å². The number of halogens is 2. The van der Waals surface area contributed by atoms with Crippen molar-refractivity contribution in [3.05, 3.63) is 58.2 Å². The van der Waals surface area contributed by atoms with Gasteiger partial charge in [-0.3, -0.25) is 4.99 Å². The summed E-state index contributed by atoms with van der Waals surface area (Å²) in [6.07, 6.45) is 2.02. The zero-order valence-electron chi connectivity index (χ0n) is 19.0. The third kappa shape index (κ3) is 6.19. The Morgan fingerprint density at radius 2 is 1.79 bits per heavy atom. The monoisotopic (exact) mass is 475 g/mol. The molecule has 6 nitrogen and oxygen atoms in total. The van der Waals surface area contributed by atoms with E-state index in [1.165, 1.54) is 23.5 Å². The van der Waals surface area contributed by atoms with Gasteiger partial charge in [0.25, 0.3) is 0 Å². The number of hydrogen-bond acceptors (Lipinski definition) is 6. The van der Waals surface area contributed by atoms with Gasteiger partial charge in [0.05, 0.1) is 25.6 Å². The zero-order valence-corrected chi connectivity index (χ0v) is 19.9. The molecule has 0 saturated carbocycles. The van der Waals surface area contributed by atoms with Crippen LogP contribution in [0.15, 0.2) is 57.9 Å². The molecule has 0 aliphatic heterocycles. The number of nitrogens with zero attached hydrogens (tertiary/aromatic N) is 3. The van der Waals surface area contributed by atoms with E-state index in [1.54, 1.807) is 31.0 Å². The number of methoxy groups -OCH3 is 2. The Balaban J connectivity index is 2.07. The minimum absolute atomic E-state index is 0.101. The topological polar surface area (TPSA) is 57.3 Å². The summed E-state index contributed by atoms with van der Waals surface area (Å²) in [7, 11) is 3.22. The summed E-state index contributed by atoms with van der Waals surface area (Å²) in [5, 5.41) is 6.82. The number of alkyl halides is 2. The van der Waals surface area contributed by atoms with Gasteiger partial charge in [-0.1, -0.05) is 13.3 Å². The number of unbranched alkanes of at least 4 members (excludes halogenated alkanes) is 1. The second kappa shape index (κ2) is 11.6. The fraction of sp³-hybridized carbons (Fsp3) is 0.333. The van der Waals surface area contributed by atoms with Crippen LogP contribution in [0, 0.1) is 0 Å². The van der Waals surface area contributed by atoms with Gasteiger partial charge in [-0.05, 0) is 55.3 Å². The molecule has 3 aromatic rings.